The third kappa shape index (κ3) is 8.08. The second-order valence-electron chi connectivity index (χ2n) is 2.57. The molecule has 1 unspecified atom stereocenters. The first-order valence-corrected chi connectivity index (χ1v) is 4.04. The third-order valence-corrected chi connectivity index (χ3v) is 1.84. The first-order valence-electron chi connectivity index (χ1n) is 3.60. The molecule has 0 aliphatic carbocycles. The fourth-order valence-electron chi connectivity index (χ4n) is 0.821. The molecule has 1 radical (unpaired) electrons. The van der Waals surface area contributed by atoms with E-state index < -0.39 is 23.0 Å². The van der Waals surface area contributed by atoms with Crippen LogP contribution in [0.25, 0.3) is 0 Å². The van der Waals surface area contributed by atoms with Crippen molar-refractivity contribution in [1.29, 1.82) is 0 Å². The van der Waals surface area contributed by atoms with Gasteiger partial charge in [-0.05, 0) is 6.42 Å². The van der Waals surface area contributed by atoms with Gasteiger partial charge in [0.25, 0.3) is 0 Å². The number of carbonyl (C=O) groups is 3. The van der Waals surface area contributed by atoms with Gasteiger partial charge in [-0.3, -0.25) is 14.4 Å². The van der Waals surface area contributed by atoms with Crippen molar-refractivity contribution in [3.63, 3.8) is 0 Å². The predicted octanol–water partition coefficient (Wildman–Crippen LogP) is 0.396. The zero-order valence-corrected chi connectivity index (χ0v) is 9.03. The fourth-order valence-corrected chi connectivity index (χ4v) is 1.04. The summed E-state index contributed by atoms with van der Waals surface area (Å²) in [6, 6.07) is 0. The number of carboxylic acids is 2. The predicted molar refractivity (Wildman–Crippen MR) is 46.6 cm³/mol. The Morgan fingerprint density at radius 1 is 1.14 bits per heavy atom. The molecule has 0 heterocycles. The SMILES string of the molecule is O=C(O)CCC(CC(=O)O)C(=O)S.[Co]. The van der Waals surface area contributed by atoms with Gasteiger partial charge < -0.3 is 10.2 Å². The number of thiol groups is 1. The Kier molecular flexibility index (Phi) is 8.90. The van der Waals surface area contributed by atoms with Crippen LogP contribution in [0, 0.1) is 5.92 Å². The molecule has 0 aliphatic rings. The van der Waals surface area contributed by atoms with Crippen LogP contribution in [0.1, 0.15) is 19.3 Å². The van der Waals surface area contributed by atoms with Crippen LogP contribution in [0.15, 0.2) is 0 Å². The molecule has 0 aromatic rings. The van der Waals surface area contributed by atoms with E-state index in [0.717, 1.165) is 0 Å². The Labute approximate surface area is 96.5 Å². The Hall–Kier alpha value is -0.534. The smallest absolute Gasteiger partial charge is 0.304 e. The Morgan fingerprint density at radius 2 is 1.64 bits per heavy atom. The molecule has 5 nitrogen and oxygen atoms in total. The van der Waals surface area contributed by atoms with Gasteiger partial charge in [-0.25, -0.2) is 0 Å². The molecule has 0 fully saturated rings. The summed E-state index contributed by atoms with van der Waals surface area (Å²) in [4.78, 5) is 31.1. The minimum absolute atomic E-state index is 0. The Morgan fingerprint density at radius 3 is 1.93 bits per heavy atom. The van der Waals surface area contributed by atoms with E-state index in [-0.39, 0.29) is 36.0 Å². The molecule has 14 heavy (non-hydrogen) atoms. The molecule has 0 bridgehead atoms. The molecule has 7 heteroatoms. The minimum Gasteiger partial charge on any atom is -0.481 e. The molecule has 0 amide bonds. The summed E-state index contributed by atoms with van der Waals surface area (Å²) in [6.07, 6.45) is -0.566. The van der Waals surface area contributed by atoms with E-state index in [1.807, 2.05) is 0 Å². The molecular formula is C7H10CoO5S. The average molecular weight is 265 g/mol. The fraction of sp³-hybridized carbons (Fsp3) is 0.571. The van der Waals surface area contributed by atoms with E-state index in [1.54, 1.807) is 0 Å². The number of carbonyl (C=O) groups excluding carboxylic acids is 1. The van der Waals surface area contributed by atoms with Crippen molar-refractivity contribution in [2.24, 2.45) is 5.92 Å². The van der Waals surface area contributed by atoms with E-state index in [4.69, 9.17) is 10.2 Å². The van der Waals surface area contributed by atoms with Crippen LogP contribution in [0.2, 0.25) is 0 Å². The maximum absolute atomic E-state index is 10.7. The molecule has 0 rings (SSSR count). The standard InChI is InChI=1S/C7H10O5S.Co/c8-5(9)2-1-4(7(12)13)3-6(10)11;/h4H,1-3H2,(H,8,9)(H,10,11)(H,12,13);. The van der Waals surface area contributed by atoms with Crippen LogP contribution in [0.3, 0.4) is 0 Å². The van der Waals surface area contributed by atoms with E-state index in [2.05, 4.69) is 12.6 Å². The van der Waals surface area contributed by atoms with Crippen LogP contribution in [0.4, 0.5) is 0 Å². The first kappa shape index (κ1) is 15.9. The number of rotatable bonds is 6. The van der Waals surface area contributed by atoms with Crippen LogP contribution in [-0.2, 0) is 31.2 Å². The molecule has 0 aliphatic heterocycles. The monoisotopic (exact) mass is 265 g/mol. The van der Waals surface area contributed by atoms with Gasteiger partial charge in [0.2, 0.25) is 0 Å². The van der Waals surface area contributed by atoms with Gasteiger partial charge in [0.05, 0.1) is 6.42 Å². The van der Waals surface area contributed by atoms with Gasteiger partial charge in [0.15, 0.2) is 5.12 Å². The molecule has 2 N–H and O–H groups in total. The van der Waals surface area contributed by atoms with Gasteiger partial charge in [0.1, 0.15) is 0 Å². The van der Waals surface area contributed by atoms with Crippen molar-refractivity contribution in [2.45, 2.75) is 19.3 Å². The van der Waals surface area contributed by atoms with Gasteiger partial charge in [-0.1, -0.05) is 0 Å². The first-order chi connectivity index (χ1) is 5.93. The Balaban J connectivity index is 0. The zero-order chi connectivity index (χ0) is 10.4. The molecular weight excluding hydrogens is 255 g/mol. The average Bonchev–Trinajstić information content (AvgIpc) is 1.96. The maximum Gasteiger partial charge on any atom is 0.304 e. The summed E-state index contributed by atoms with van der Waals surface area (Å²) in [6.45, 7) is 0. The van der Waals surface area contributed by atoms with Crippen LogP contribution < -0.4 is 0 Å². The maximum atomic E-state index is 10.7. The summed E-state index contributed by atoms with van der Waals surface area (Å²) in [7, 11) is 0. The van der Waals surface area contributed by atoms with Gasteiger partial charge in [-0.15, -0.1) is 12.6 Å². The number of carboxylic acid groups (broad SMARTS) is 2. The molecule has 1 atom stereocenters. The van der Waals surface area contributed by atoms with Crippen LogP contribution in [-0.4, -0.2) is 27.3 Å². The minimum atomic E-state index is -1.13. The van der Waals surface area contributed by atoms with E-state index in [9.17, 15) is 14.4 Å². The summed E-state index contributed by atoms with van der Waals surface area (Å²) in [5.41, 5.74) is 0. The van der Waals surface area contributed by atoms with E-state index in [0.29, 0.717) is 0 Å². The number of hydrogen-bond acceptors (Lipinski definition) is 3. The van der Waals surface area contributed by atoms with Gasteiger partial charge >= 0.3 is 11.9 Å². The van der Waals surface area contributed by atoms with Crippen molar-refractivity contribution in [2.75, 3.05) is 0 Å². The zero-order valence-electron chi connectivity index (χ0n) is 7.10. The normalized spacial score (nSPS) is 11.2. The van der Waals surface area contributed by atoms with Crippen LogP contribution in [0.5, 0.6) is 0 Å². The quantitative estimate of drug-likeness (QED) is 0.604. The molecule has 0 aromatic carbocycles. The summed E-state index contributed by atoms with van der Waals surface area (Å²) < 4.78 is 0. The van der Waals surface area contributed by atoms with Crippen LogP contribution >= 0.6 is 12.6 Å². The second kappa shape index (κ2) is 7.83. The largest absolute Gasteiger partial charge is 0.481 e. The summed E-state index contributed by atoms with van der Waals surface area (Å²) in [5, 5.41) is 16.1. The van der Waals surface area contributed by atoms with Crippen molar-refractivity contribution < 1.29 is 41.4 Å². The van der Waals surface area contributed by atoms with E-state index in [1.165, 1.54) is 0 Å². The van der Waals surface area contributed by atoms with Crippen molar-refractivity contribution in [1.82, 2.24) is 0 Å². The summed E-state index contributed by atoms with van der Waals surface area (Å²) in [5.74, 6) is -2.99. The molecule has 0 aromatic heterocycles. The van der Waals surface area contributed by atoms with Gasteiger partial charge in [-0.2, -0.15) is 0 Å². The number of hydrogen-bond donors (Lipinski definition) is 3. The second-order valence-corrected chi connectivity index (χ2v) is 3.01. The molecule has 0 saturated heterocycles. The topological polar surface area (TPSA) is 91.7 Å². The Bertz CT molecular complexity index is 230. The molecule has 0 spiro atoms. The van der Waals surface area contributed by atoms with Crippen molar-refractivity contribution in [3.05, 3.63) is 0 Å². The number of aliphatic carboxylic acids is 2. The summed E-state index contributed by atoms with van der Waals surface area (Å²) >= 11 is 3.47. The van der Waals surface area contributed by atoms with Gasteiger partial charge in [0, 0.05) is 29.1 Å². The molecule has 83 valence electrons. The van der Waals surface area contributed by atoms with E-state index >= 15 is 0 Å². The third-order valence-electron chi connectivity index (χ3n) is 1.48. The molecule has 0 saturated carbocycles. The van der Waals surface area contributed by atoms with Crippen molar-refractivity contribution >= 4 is 29.7 Å². The van der Waals surface area contributed by atoms with Crippen molar-refractivity contribution in [3.8, 4) is 0 Å².